The van der Waals surface area contributed by atoms with Gasteiger partial charge in [-0.05, 0) is 63.1 Å². The molecule has 4 rings (SSSR count). The number of likely N-dealkylation sites (tertiary alicyclic amines) is 1. The number of carbonyl (C=O) groups is 2. The number of carbonyl (C=O) groups excluding carboxylic acids is 2. The molecule has 1 aliphatic heterocycles. The van der Waals surface area contributed by atoms with Crippen molar-refractivity contribution in [2.45, 2.75) is 32.8 Å². The summed E-state index contributed by atoms with van der Waals surface area (Å²) in [6.45, 7) is 4.87. The van der Waals surface area contributed by atoms with E-state index in [9.17, 15) is 9.59 Å². The highest BCUT2D eigenvalue weighted by molar-refractivity contribution is 5.94. The van der Waals surface area contributed by atoms with Crippen LogP contribution < -0.4 is 10.2 Å². The van der Waals surface area contributed by atoms with Crippen LogP contribution in [0, 0.1) is 12.8 Å². The Morgan fingerprint density at radius 2 is 1.94 bits per heavy atom. The summed E-state index contributed by atoms with van der Waals surface area (Å²) >= 11 is 0. The lowest BCUT2D eigenvalue weighted by molar-refractivity contribution is -0.134. The molecule has 0 bridgehead atoms. The van der Waals surface area contributed by atoms with E-state index >= 15 is 0 Å². The van der Waals surface area contributed by atoms with Crippen LogP contribution >= 0.6 is 0 Å². The van der Waals surface area contributed by atoms with E-state index in [2.05, 4.69) is 4.98 Å². The first kappa shape index (κ1) is 21.8. The van der Waals surface area contributed by atoms with Crippen molar-refractivity contribution < 1.29 is 19.5 Å². The monoisotopic (exact) mass is 433 g/mol. The number of hydrogen-bond donors (Lipinski definition) is 2. The van der Waals surface area contributed by atoms with Gasteiger partial charge in [-0.2, -0.15) is 0 Å². The van der Waals surface area contributed by atoms with Gasteiger partial charge in [0.25, 0.3) is 5.91 Å². The first-order chi connectivity index (χ1) is 15.5. The second kappa shape index (κ2) is 9.36. The zero-order chi connectivity index (χ0) is 22.7. The van der Waals surface area contributed by atoms with Crippen molar-refractivity contribution in [1.82, 2.24) is 15.4 Å². The number of piperidine rings is 1. The summed E-state index contributed by atoms with van der Waals surface area (Å²) in [7, 11) is 0. The van der Waals surface area contributed by atoms with Gasteiger partial charge >= 0.3 is 0 Å². The standard InChI is InChI=1S/C25H27N3O4/c1-16-14-22(21-7-3-4-8-23(21)26-16)17(2)32-20-11-9-18(10-12-20)25(30)28-13-5-6-19(15-28)24(29)27-31/h3-4,7-12,14,17,19,31H,5-6,13,15H2,1-2H3,(H,27,29). The Balaban J connectivity index is 1.46. The van der Waals surface area contributed by atoms with Gasteiger partial charge in [-0.15, -0.1) is 0 Å². The van der Waals surface area contributed by atoms with Crippen LogP contribution in [0.25, 0.3) is 10.9 Å². The number of aromatic nitrogens is 1. The Morgan fingerprint density at radius 3 is 2.69 bits per heavy atom. The maximum atomic E-state index is 12.9. The van der Waals surface area contributed by atoms with E-state index in [-0.39, 0.29) is 17.9 Å². The summed E-state index contributed by atoms with van der Waals surface area (Å²) in [5, 5.41) is 9.93. The van der Waals surface area contributed by atoms with E-state index in [0.29, 0.717) is 30.8 Å². The highest BCUT2D eigenvalue weighted by Crippen LogP contribution is 2.28. The van der Waals surface area contributed by atoms with Crippen LogP contribution in [0.15, 0.2) is 54.6 Å². The second-order valence-corrected chi connectivity index (χ2v) is 8.22. The van der Waals surface area contributed by atoms with E-state index < -0.39 is 5.91 Å². The number of ether oxygens (including phenoxy) is 1. The quantitative estimate of drug-likeness (QED) is 0.468. The average molecular weight is 434 g/mol. The van der Waals surface area contributed by atoms with Crippen LogP contribution in [-0.2, 0) is 4.79 Å². The van der Waals surface area contributed by atoms with Crippen molar-refractivity contribution in [3.63, 3.8) is 0 Å². The molecule has 2 atom stereocenters. The molecular weight excluding hydrogens is 406 g/mol. The number of hydroxylamine groups is 1. The predicted molar refractivity (Wildman–Crippen MR) is 121 cm³/mol. The van der Waals surface area contributed by atoms with Crippen LogP contribution in [0.4, 0.5) is 0 Å². The van der Waals surface area contributed by atoms with E-state index in [1.54, 1.807) is 34.6 Å². The molecule has 0 aliphatic carbocycles. The third-order valence-corrected chi connectivity index (χ3v) is 5.92. The number of nitrogens with one attached hydrogen (secondary N) is 1. The first-order valence-electron chi connectivity index (χ1n) is 10.8. The molecule has 3 aromatic rings. The summed E-state index contributed by atoms with van der Waals surface area (Å²) in [5.74, 6) is -0.293. The molecule has 2 amide bonds. The fourth-order valence-corrected chi connectivity index (χ4v) is 4.27. The van der Waals surface area contributed by atoms with E-state index in [1.807, 2.05) is 44.2 Å². The van der Waals surface area contributed by atoms with Crippen molar-refractivity contribution in [1.29, 1.82) is 0 Å². The molecule has 2 heterocycles. The Kier molecular flexibility index (Phi) is 6.37. The highest BCUT2D eigenvalue weighted by atomic mass is 16.5. The van der Waals surface area contributed by atoms with Crippen molar-refractivity contribution in [2.24, 2.45) is 5.92 Å². The molecule has 7 heteroatoms. The number of fused-ring (bicyclic) bond motifs is 1. The third-order valence-electron chi connectivity index (χ3n) is 5.92. The number of aryl methyl sites for hydroxylation is 1. The smallest absolute Gasteiger partial charge is 0.253 e. The van der Waals surface area contributed by atoms with Crippen molar-refractivity contribution >= 4 is 22.7 Å². The van der Waals surface area contributed by atoms with Crippen LogP contribution in [0.2, 0.25) is 0 Å². The Morgan fingerprint density at radius 1 is 1.19 bits per heavy atom. The normalized spacial score (nSPS) is 17.1. The van der Waals surface area contributed by atoms with Gasteiger partial charge in [0.2, 0.25) is 5.91 Å². The molecule has 1 saturated heterocycles. The Hall–Kier alpha value is -3.45. The first-order valence-corrected chi connectivity index (χ1v) is 10.8. The minimum absolute atomic E-state index is 0.129. The molecule has 1 aliphatic rings. The van der Waals surface area contributed by atoms with Gasteiger partial charge in [-0.1, -0.05) is 18.2 Å². The number of amides is 2. The van der Waals surface area contributed by atoms with Crippen LogP contribution in [-0.4, -0.2) is 40.0 Å². The minimum atomic E-state index is -0.445. The summed E-state index contributed by atoms with van der Waals surface area (Å²) in [4.78, 5) is 30.8. The predicted octanol–water partition coefficient (Wildman–Crippen LogP) is 4.04. The molecule has 1 aromatic heterocycles. The van der Waals surface area contributed by atoms with Crippen LogP contribution in [0.5, 0.6) is 5.75 Å². The van der Waals surface area contributed by atoms with Crippen molar-refractivity contribution in [3.8, 4) is 5.75 Å². The highest BCUT2D eigenvalue weighted by Gasteiger charge is 2.28. The van der Waals surface area contributed by atoms with E-state index in [4.69, 9.17) is 9.94 Å². The minimum Gasteiger partial charge on any atom is -0.486 e. The summed E-state index contributed by atoms with van der Waals surface area (Å²) < 4.78 is 6.17. The van der Waals surface area contributed by atoms with Gasteiger partial charge in [0.1, 0.15) is 11.9 Å². The molecule has 166 valence electrons. The van der Waals surface area contributed by atoms with Gasteiger partial charge in [0, 0.05) is 35.3 Å². The molecule has 0 spiro atoms. The van der Waals surface area contributed by atoms with Gasteiger partial charge in [0.05, 0.1) is 11.4 Å². The molecular formula is C25H27N3O4. The molecule has 2 N–H and O–H groups in total. The number of benzene rings is 2. The maximum Gasteiger partial charge on any atom is 0.253 e. The summed E-state index contributed by atoms with van der Waals surface area (Å²) in [6, 6.07) is 17.1. The van der Waals surface area contributed by atoms with Gasteiger partial charge in [-0.3, -0.25) is 19.8 Å². The Bertz CT molecular complexity index is 1130. The third kappa shape index (κ3) is 4.57. The largest absolute Gasteiger partial charge is 0.486 e. The second-order valence-electron chi connectivity index (χ2n) is 8.22. The average Bonchev–Trinajstić information content (AvgIpc) is 2.83. The zero-order valence-corrected chi connectivity index (χ0v) is 18.2. The topological polar surface area (TPSA) is 91.8 Å². The fourth-order valence-electron chi connectivity index (χ4n) is 4.27. The van der Waals surface area contributed by atoms with Crippen LogP contribution in [0.1, 0.15) is 47.5 Å². The molecule has 2 aromatic carbocycles. The van der Waals surface area contributed by atoms with Crippen LogP contribution in [0.3, 0.4) is 0 Å². The molecule has 1 fully saturated rings. The SMILES string of the molecule is Cc1cc(C(C)Oc2ccc(C(=O)N3CCCC(C(=O)NO)C3)cc2)c2ccccc2n1. The molecule has 32 heavy (non-hydrogen) atoms. The fraction of sp³-hybridized carbons (Fsp3) is 0.320. The number of pyridine rings is 1. The van der Waals surface area contributed by atoms with E-state index in [1.165, 1.54) is 0 Å². The maximum absolute atomic E-state index is 12.9. The van der Waals surface area contributed by atoms with E-state index in [0.717, 1.165) is 28.6 Å². The van der Waals surface area contributed by atoms with Gasteiger partial charge in [0.15, 0.2) is 0 Å². The molecule has 2 unspecified atom stereocenters. The van der Waals surface area contributed by atoms with Crippen molar-refractivity contribution in [2.75, 3.05) is 13.1 Å². The Labute approximate surface area is 187 Å². The molecule has 0 saturated carbocycles. The molecule has 7 nitrogen and oxygen atoms in total. The lowest BCUT2D eigenvalue weighted by Crippen LogP contribution is -2.44. The zero-order valence-electron chi connectivity index (χ0n) is 18.2. The molecule has 0 radical (unpaired) electrons. The van der Waals surface area contributed by atoms with Gasteiger partial charge in [-0.25, -0.2) is 5.48 Å². The number of nitrogens with zero attached hydrogens (tertiary/aromatic N) is 2. The summed E-state index contributed by atoms with van der Waals surface area (Å²) in [6.07, 6.45) is 1.19. The van der Waals surface area contributed by atoms with Gasteiger partial charge < -0.3 is 9.64 Å². The lowest BCUT2D eigenvalue weighted by Gasteiger charge is -2.31. The van der Waals surface area contributed by atoms with Crippen molar-refractivity contribution in [3.05, 3.63) is 71.4 Å². The number of hydrogen-bond acceptors (Lipinski definition) is 5. The summed E-state index contributed by atoms with van der Waals surface area (Å²) in [5.41, 5.74) is 5.17. The number of para-hydroxylation sites is 1. The number of rotatable bonds is 5. The lowest BCUT2D eigenvalue weighted by atomic mass is 9.97.